The van der Waals surface area contributed by atoms with Crippen LogP contribution < -0.4 is 10.5 Å². The molecule has 29 heavy (non-hydrogen) atoms. The summed E-state index contributed by atoms with van der Waals surface area (Å²) in [5.74, 6) is 3.31. The Morgan fingerprint density at radius 1 is 1.21 bits per heavy atom. The minimum absolute atomic E-state index is 0.0696. The Morgan fingerprint density at radius 3 is 2.72 bits per heavy atom. The van der Waals surface area contributed by atoms with Gasteiger partial charge >= 0.3 is 0 Å². The highest BCUT2D eigenvalue weighted by Gasteiger charge is 2.39. The molecule has 8 heteroatoms. The first-order chi connectivity index (χ1) is 14.1. The number of pyridine rings is 1. The molecule has 5 rings (SSSR count). The number of hydrogen-bond acceptors (Lipinski definition) is 6. The molecule has 0 unspecified atom stereocenters. The van der Waals surface area contributed by atoms with Crippen LogP contribution in [0.1, 0.15) is 56.7 Å². The topological polar surface area (TPSA) is 81.7 Å². The number of hydrogen-bond donors (Lipinski definition) is 0. The Kier molecular flexibility index (Phi) is 4.22. The predicted molar refractivity (Wildman–Crippen MR) is 110 cm³/mol. The van der Waals surface area contributed by atoms with E-state index in [0.717, 1.165) is 48.0 Å². The fourth-order valence-corrected chi connectivity index (χ4v) is 4.69. The molecule has 3 aromatic rings. The summed E-state index contributed by atoms with van der Waals surface area (Å²) >= 11 is 0. The summed E-state index contributed by atoms with van der Waals surface area (Å²) in [6.07, 6.45) is 9.34. The van der Waals surface area contributed by atoms with Gasteiger partial charge in [0.15, 0.2) is 17.5 Å². The summed E-state index contributed by atoms with van der Waals surface area (Å²) in [5, 5.41) is 8.85. The molecule has 4 heterocycles. The molecule has 1 saturated carbocycles. The van der Waals surface area contributed by atoms with Crippen molar-refractivity contribution in [2.24, 2.45) is 7.05 Å². The van der Waals surface area contributed by atoms with E-state index in [0.29, 0.717) is 11.9 Å². The number of nitrogens with zero attached hydrogens (tertiary/aromatic N) is 7. The van der Waals surface area contributed by atoms with Crippen LogP contribution in [0.5, 0.6) is 0 Å². The summed E-state index contributed by atoms with van der Waals surface area (Å²) < 4.78 is 3.63. The lowest BCUT2D eigenvalue weighted by atomic mass is 10.0. The van der Waals surface area contributed by atoms with Crippen LogP contribution >= 0.6 is 0 Å². The fourth-order valence-electron chi connectivity index (χ4n) is 4.69. The molecule has 1 fully saturated rings. The molecule has 0 aromatic carbocycles. The zero-order valence-electron chi connectivity index (χ0n) is 17.0. The monoisotopic (exact) mass is 391 g/mol. The van der Waals surface area contributed by atoms with E-state index in [2.05, 4.69) is 31.6 Å². The first-order valence-electron chi connectivity index (χ1n) is 10.3. The molecule has 0 spiro atoms. The molecule has 2 aliphatic rings. The lowest BCUT2D eigenvalue weighted by molar-refractivity contribution is 0.468. The van der Waals surface area contributed by atoms with E-state index in [9.17, 15) is 4.79 Å². The van der Waals surface area contributed by atoms with Crippen LogP contribution in [0.15, 0.2) is 29.3 Å². The van der Waals surface area contributed by atoms with Crippen molar-refractivity contribution in [3.63, 3.8) is 0 Å². The molecule has 0 saturated heterocycles. The minimum atomic E-state index is -0.0696. The lowest BCUT2D eigenvalue weighted by Gasteiger charge is -2.41. The molecule has 1 aliphatic carbocycles. The largest absolute Gasteiger partial charge is 0.342 e. The van der Waals surface area contributed by atoms with Crippen LogP contribution in [-0.2, 0) is 7.05 Å². The Morgan fingerprint density at radius 2 is 2.00 bits per heavy atom. The third-order valence-electron chi connectivity index (χ3n) is 6.19. The molecule has 0 bridgehead atoms. The molecule has 0 N–H and O–H groups in total. The number of anilines is 1. The third-order valence-corrected chi connectivity index (χ3v) is 6.19. The highest BCUT2D eigenvalue weighted by Crippen LogP contribution is 2.43. The molecule has 0 amide bonds. The van der Waals surface area contributed by atoms with Crippen molar-refractivity contribution >= 4 is 5.82 Å². The predicted octanol–water partition coefficient (Wildman–Crippen LogP) is 2.95. The smallest absolute Gasteiger partial charge is 0.250 e. The van der Waals surface area contributed by atoms with Gasteiger partial charge in [-0.15, -0.1) is 10.2 Å². The second kappa shape index (κ2) is 6.79. The van der Waals surface area contributed by atoms with Crippen molar-refractivity contribution in [3.8, 4) is 17.1 Å². The van der Waals surface area contributed by atoms with Crippen molar-refractivity contribution < 1.29 is 0 Å². The number of aryl methyl sites for hydroxylation is 2. The van der Waals surface area contributed by atoms with E-state index >= 15 is 0 Å². The van der Waals surface area contributed by atoms with Gasteiger partial charge in [0, 0.05) is 30.9 Å². The van der Waals surface area contributed by atoms with Crippen molar-refractivity contribution in [3.05, 3.63) is 46.5 Å². The first kappa shape index (κ1) is 18.0. The van der Waals surface area contributed by atoms with Gasteiger partial charge in [-0.05, 0) is 32.3 Å². The van der Waals surface area contributed by atoms with E-state index in [1.54, 1.807) is 23.9 Å². The summed E-state index contributed by atoms with van der Waals surface area (Å²) in [6.45, 7) is 4.15. The molecular weight excluding hydrogens is 366 g/mol. The van der Waals surface area contributed by atoms with Gasteiger partial charge in [0.2, 0.25) is 0 Å². The van der Waals surface area contributed by atoms with Gasteiger partial charge in [0.1, 0.15) is 11.5 Å². The van der Waals surface area contributed by atoms with E-state index in [-0.39, 0.29) is 11.6 Å². The van der Waals surface area contributed by atoms with Crippen LogP contribution in [-0.4, -0.2) is 35.3 Å². The molecule has 0 radical (unpaired) electrons. The maximum atomic E-state index is 12.1. The Bertz CT molecular complexity index is 1130. The highest BCUT2D eigenvalue weighted by atomic mass is 16.1. The quantitative estimate of drug-likeness (QED) is 0.683. The second-order valence-electron chi connectivity index (χ2n) is 7.98. The van der Waals surface area contributed by atoms with E-state index < -0.39 is 0 Å². The summed E-state index contributed by atoms with van der Waals surface area (Å²) in [4.78, 5) is 24.2. The van der Waals surface area contributed by atoms with Gasteiger partial charge in [-0.2, -0.15) is 0 Å². The summed E-state index contributed by atoms with van der Waals surface area (Å²) in [5.41, 5.74) is 1.59. The summed E-state index contributed by atoms with van der Waals surface area (Å²) in [6, 6.07) is 4.06. The molecule has 8 nitrogen and oxygen atoms in total. The Labute approximate surface area is 169 Å². The fraction of sp³-hybridized carbons (Fsp3) is 0.476. The number of rotatable bonds is 3. The van der Waals surface area contributed by atoms with Crippen molar-refractivity contribution in [1.29, 1.82) is 0 Å². The maximum absolute atomic E-state index is 12.1. The first-order valence-corrected chi connectivity index (χ1v) is 10.3. The van der Waals surface area contributed by atoms with Crippen LogP contribution in [0, 0.1) is 6.92 Å². The third kappa shape index (κ3) is 2.77. The molecule has 1 aliphatic heterocycles. The highest BCUT2D eigenvalue weighted by molar-refractivity contribution is 5.66. The molecular formula is C21H25N7O. The molecule has 1 atom stereocenters. The van der Waals surface area contributed by atoms with Gasteiger partial charge in [0.05, 0.1) is 12.2 Å². The van der Waals surface area contributed by atoms with Gasteiger partial charge in [-0.1, -0.05) is 19.8 Å². The van der Waals surface area contributed by atoms with Crippen LogP contribution in [0.4, 0.5) is 5.82 Å². The van der Waals surface area contributed by atoms with Gasteiger partial charge < -0.3 is 9.47 Å². The van der Waals surface area contributed by atoms with Crippen LogP contribution in [0.25, 0.3) is 17.1 Å². The van der Waals surface area contributed by atoms with E-state index in [4.69, 9.17) is 4.98 Å². The average molecular weight is 391 g/mol. The van der Waals surface area contributed by atoms with Crippen molar-refractivity contribution in [2.75, 3.05) is 4.90 Å². The minimum Gasteiger partial charge on any atom is -0.342 e. The van der Waals surface area contributed by atoms with Crippen LogP contribution in [0.3, 0.4) is 0 Å². The number of fused-ring (bicyclic) bond motifs is 3. The maximum Gasteiger partial charge on any atom is 0.250 e. The Balaban J connectivity index is 1.71. The van der Waals surface area contributed by atoms with E-state index in [1.807, 2.05) is 19.2 Å². The number of aromatic nitrogens is 6. The van der Waals surface area contributed by atoms with Crippen molar-refractivity contribution in [2.45, 2.75) is 58.0 Å². The zero-order valence-corrected chi connectivity index (χ0v) is 17.0. The Hall–Kier alpha value is -3.03. The van der Waals surface area contributed by atoms with Crippen LogP contribution in [0.2, 0.25) is 0 Å². The molecule has 150 valence electrons. The summed E-state index contributed by atoms with van der Waals surface area (Å²) in [7, 11) is 1.74. The van der Waals surface area contributed by atoms with Gasteiger partial charge in [-0.25, -0.2) is 9.97 Å². The zero-order chi connectivity index (χ0) is 20.1. The molecule has 3 aromatic heterocycles. The van der Waals surface area contributed by atoms with Crippen molar-refractivity contribution in [1.82, 2.24) is 29.3 Å². The standard InChI is InChI=1S/C21H25N7O/c1-4-16-21-25-24-13(2)27(21)17-12-22-19(14-9-10-26(3)18(29)11-14)23-20(17)28(16)15-7-5-6-8-15/h9-12,15-16H,4-8H2,1-3H3/t16-/m1/s1. The average Bonchev–Trinajstić information content (AvgIpc) is 3.39. The normalized spacial score (nSPS) is 18.7. The van der Waals surface area contributed by atoms with E-state index in [1.165, 1.54) is 12.8 Å². The second-order valence-corrected chi connectivity index (χ2v) is 7.98. The SMILES string of the molecule is CC[C@@H]1c2nnc(C)n2-c2cnc(-c3ccn(C)c(=O)c3)nc2N1C1CCCC1. The lowest BCUT2D eigenvalue weighted by Crippen LogP contribution is -2.42. The van der Waals surface area contributed by atoms with Gasteiger partial charge in [0.25, 0.3) is 5.56 Å². The van der Waals surface area contributed by atoms with Gasteiger partial charge in [-0.3, -0.25) is 9.36 Å².